The zero-order valence-electron chi connectivity index (χ0n) is 10.9. The highest BCUT2D eigenvalue weighted by molar-refractivity contribution is 7.89. The first-order valence-corrected chi connectivity index (χ1v) is 7.93. The van der Waals surface area contributed by atoms with E-state index in [1.165, 1.54) is 12.1 Å². The molecule has 21 heavy (non-hydrogen) atoms. The topological polar surface area (TPSA) is 75.3 Å². The summed E-state index contributed by atoms with van der Waals surface area (Å²) in [6.45, 7) is -0.357. The molecule has 5 nitrogen and oxygen atoms in total. The Balaban J connectivity index is 1.95. The molecule has 0 fully saturated rings. The van der Waals surface area contributed by atoms with Crippen molar-refractivity contribution in [1.29, 1.82) is 0 Å². The van der Waals surface area contributed by atoms with Gasteiger partial charge in [-0.3, -0.25) is 4.79 Å². The Morgan fingerprint density at radius 3 is 2.43 bits per heavy atom. The van der Waals surface area contributed by atoms with Crippen LogP contribution in [0, 0.1) is 0 Å². The molecule has 0 spiro atoms. The van der Waals surface area contributed by atoms with Crippen LogP contribution in [0.2, 0.25) is 5.02 Å². The second-order valence-electron chi connectivity index (χ2n) is 4.20. The van der Waals surface area contributed by atoms with Crippen LogP contribution >= 0.6 is 11.6 Å². The lowest BCUT2D eigenvalue weighted by Gasteiger charge is -2.08. The molecule has 1 amide bonds. The van der Waals surface area contributed by atoms with Crippen molar-refractivity contribution in [3.05, 3.63) is 59.6 Å². The summed E-state index contributed by atoms with van der Waals surface area (Å²) in [5.74, 6) is -0.475. The van der Waals surface area contributed by atoms with E-state index in [1.54, 1.807) is 42.5 Å². The van der Waals surface area contributed by atoms with Crippen LogP contribution in [0.5, 0.6) is 0 Å². The van der Waals surface area contributed by atoms with E-state index in [0.717, 1.165) is 0 Å². The van der Waals surface area contributed by atoms with Crippen molar-refractivity contribution in [2.24, 2.45) is 0 Å². The third kappa shape index (κ3) is 4.56. The lowest BCUT2D eigenvalue weighted by molar-refractivity contribution is -0.115. The van der Waals surface area contributed by atoms with Crippen molar-refractivity contribution in [1.82, 2.24) is 4.72 Å². The van der Waals surface area contributed by atoms with E-state index in [0.29, 0.717) is 10.7 Å². The van der Waals surface area contributed by atoms with Gasteiger partial charge in [0.2, 0.25) is 15.9 Å². The summed E-state index contributed by atoms with van der Waals surface area (Å²) in [5.41, 5.74) is 0.506. The van der Waals surface area contributed by atoms with Gasteiger partial charge in [0.1, 0.15) is 0 Å². The van der Waals surface area contributed by atoms with E-state index in [9.17, 15) is 13.2 Å². The molecule has 0 unspecified atom stereocenters. The molecule has 2 N–H and O–H groups in total. The van der Waals surface area contributed by atoms with E-state index in [2.05, 4.69) is 10.0 Å². The van der Waals surface area contributed by atoms with Gasteiger partial charge in [-0.1, -0.05) is 35.9 Å². The van der Waals surface area contributed by atoms with E-state index < -0.39 is 15.9 Å². The Morgan fingerprint density at radius 1 is 1.05 bits per heavy atom. The van der Waals surface area contributed by atoms with Gasteiger partial charge in [0.25, 0.3) is 0 Å². The molecule has 0 aromatic heterocycles. The Hall–Kier alpha value is -1.89. The predicted molar refractivity (Wildman–Crippen MR) is 81.7 cm³/mol. The largest absolute Gasteiger partial charge is 0.325 e. The first-order chi connectivity index (χ1) is 9.97. The third-order valence-electron chi connectivity index (χ3n) is 2.58. The summed E-state index contributed by atoms with van der Waals surface area (Å²) in [6, 6.07) is 14.4. The summed E-state index contributed by atoms with van der Waals surface area (Å²) in [7, 11) is -3.69. The second-order valence-corrected chi connectivity index (χ2v) is 6.40. The van der Waals surface area contributed by atoms with Crippen molar-refractivity contribution in [2.75, 3.05) is 11.9 Å². The quantitative estimate of drug-likeness (QED) is 0.885. The summed E-state index contributed by atoms with van der Waals surface area (Å²) in [5, 5.41) is 3.04. The fraction of sp³-hybridized carbons (Fsp3) is 0.0714. The Labute approximate surface area is 128 Å². The van der Waals surface area contributed by atoms with Crippen molar-refractivity contribution < 1.29 is 13.2 Å². The van der Waals surface area contributed by atoms with Crippen molar-refractivity contribution in [3.63, 3.8) is 0 Å². The molecular weight excluding hydrogens is 312 g/mol. The summed E-state index contributed by atoms with van der Waals surface area (Å²) in [6.07, 6.45) is 0. The Bertz CT molecular complexity index is 733. The first kappa shape index (κ1) is 15.5. The van der Waals surface area contributed by atoms with Gasteiger partial charge < -0.3 is 5.32 Å². The van der Waals surface area contributed by atoms with Gasteiger partial charge in [0.15, 0.2) is 0 Å². The number of rotatable bonds is 5. The Morgan fingerprint density at radius 2 is 1.76 bits per heavy atom. The molecular formula is C14H13ClN2O3S. The van der Waals surface area contributed by atoms with Crippen LogP contribution in [-0.4, -0.2) is 20.9 Å². The fourth-order valence-electron chi connectivity index (χ4n) is 1.61. The standard InChI is InChI=1S/C14H13ClN2O3S/c15-11-5-4-6-12(9-11)17-14(18)10-16-21(19,20)13-7-2-1-3-8-13/h1-9,16H,10H2,(H,17,18). The minimum Gasteiger partial charge on any atom is -0.325 e. The Kier molecular flexibility index (Phi) is 4.95. The molecule has 0 saturated heterocycles. The molecule has 0 radical (unpaired) electrons. The smallest absolute Gasteiger partial charge is 0.241 e. The molecule has 0 atom stereocenters. The number of benzene rings is 2. The number of anilines is 1. The van der Waals surface area contributed by atoms with Gasteiger partial charge in [-0.2, -0.15) is 0 Å². The van der Waals surface area contributed by atoms with Crippen LogP contribution < -0.4 is 10.0 Å². The van der Waals surface area contributed by atoms with Gasteiger partial charge in [-0.15, -0.1) is 0 Å². The number of amides is 1. The molecule has 110 valence electrons. The zero-order valence-corrected chi connectivity index (χ0v) is 12.5. The zero-order chi connectivity index (χ0) is 15.3. The summed E-state index contributed by atoms with van der Waals surface area (Å²) < 4.78 is 26.1. The van der Waals surface area contributed by atoms with Crippen LogP contribution in [0.15, 0.2) is 59.5 Å². The molecule has 7 heteroatoms. The molecule has 2 rings (SSSR count). The maximum absolute atomic E-state index is 11.9. The van der Waals surface area contributed by atoms with Crippen LogP contribution in [0.4, 0.5) is 5.69 Å². The molecule has 0 heterocycles. The van der Waals surface area contributed by atoms with Crippen LogP contribution in [0.3, 0.4) is 0 Å². The predicted octanol–water partition coefficient (Wildman–Crippen LogP) is 2.26. The van der Waals surface area contributed by atoms with Gasteiger partial charge in [-0.25, -0.2) is 13.1 Å². The summed E-state index contributed by atoms with van der Waals surface area (Å²) in [4.78, 5) is 11.8. The molecule has 0 bridgehead atoms. The van der Waals surface area contributed by atoms with E-state index >= 15 is 0 Å². The van der Waals surface area contributed by atoms with Gasteiger partial charge >= 0.3 is 0 Å². The van der Waals surface area contributed by atoms with Crippen LogP contribution in [0.1, 0.15) is 0 Å². The lowest BCUT2D eigenvalue weighted by atomic mass is 10.3. The number of carbonyl (C=O) groups is 1. The van der Waals surface area contributed by atoms with Crippen LogP contribution in [0.25, 0.3) is 0 Å². The number of nitrogens with one attached hydrogen (secondary N) is 2. The SMILES string of the molecule is O=C(CNS(=O)(=O)c1ccccc1)Nc1cccc(Cl)c1. The normalized spacial score (nSPS) is 11.1. The van der Waals surface area contributed by atoms with Gasteiger partial charge in [-0.05, 0) is 30.3 Å². The van der Waals surface area contributed by atoms with E-state index in [4.69, 9.17) is 11.6 Å². The third-order valence-corrected chi connectivity index (χ3v) is 4.24. The van der Waals surface area contributed by atoms with Gasteiger partial charge in [0.05, 0.1) is 11.4 Å². The molecule has 0 saturated carbocycles. The average molecular weight is 325 g/mol. The molecule has 2 aromatic carbocycles. The number of carbonyl (C=O) groups excluding carboxylic acids is 1. The minimum absolute atomic E-state index is 0.112. The maximum atomic E-state index is 11.9. The lowest BCUT2D eigenvalue weighted by Crippen LogP contribution is -2.32. The molecule has 2 aromatic rings. The average Bonchev–Trinajstić information content (AvgIpc) is 2.46. The second kappa shape index (κ2) is 6.71. The van der Waals surface area contributed by atoms with Crippen molar-refractivity contribution in [2.45, 2.75) is 4.90 Å². The van der Waals surface area contributed by atoms with Crippen LogP contribution in [-0.2, 0) is 14.8 Å². The molecule has 0 aliphatic heterocycles. The minimum atomic E-state index is -3.69. The molecule has 0 aliphatic carbocycles. The van der Waals surface area contributed by atoms with Crippen molar-refractivity contribution in [3.8, 4) is 0 Å². The number of halogens is 1. The highest BCUT2D eigenvalue weighted by Gasteiger charge is 2.14. The molecule has 0 aliphatic rings. The highest BCUT2D eigenvalue weighted by Crippen LogP contribution is 2.14. The first-order valence-electron chi connectivity index (χ1n) is 6.07. The fourth-order valence-corrected chi connectivity index (χ4v) is 2.81. The van der Waals surface area contributed by atoms with E-state index in [-0.39, 0.29) is 11.4 Å². The summed E-state index contributed by atoms with van der Waals surface area (Å²) >= 11 is 5.80. The van der Waals surface area contributed by atoms with Crippen molar-refractivity contribution >= 4 is 33.2 Å². The highest BCUT2D eigenvalue weighted by atomic mass is 35.5. The number of hydrogen-bond donors (Lipinski definition) is 2. The maximum Gasteiger partial charge on any atom is 0.241 e. The number of hydrogen-bond acceptors (Lipinski definition) is 3. The monoisotopic (exact) mass is 324 g/mol. The number of sulfonamides is 1. The van der Waals surface area contributed by atoms with E-state index in [1.807, 2.05) is 0 Å². The van der Waals surface area contributed by atoms with Gasteiger partial charge in [0, 0.05) is 10.7 Å².